The first kappa shape index (κ1) is 26.8. The number of hydrogen-bond acceptors (Lipinski definition) is 3. The third-order valence-electron chi connectivity index (χ3n) is 6.73. The second kappa shape index (κ2) is 9.69. The molecule has 0 aromatic heterocycles. The molecule has 179 valence electrons. The van der Waals surface area contributed by atoms with E-state index in [2.05, 4.69) is 0 Å². The summed E-state index contributed by atoms with van der Waals surface area (Å²) in [5.41, 5.74) is 9.08. The summed E-state index contributed by atoms with van der Waals surface area (Å²) in [6, 6.07) is 11.6. The van der Waals surface area contributed by atoms with E-state index < -0.39 is 21.6 Å². The summed E-state index contributed by atoms with van der Waals surface area (Å²) in [5.74, 6) is -1.33. The van der Waals surface area contributed by atoms with Gasteiger partial charge >= 0.3 is 218 Å². The Kier molecular flexibility index (Phi) is 7.43. The van der Waals surface area contributed by atoms with Crippen LogP contribution >= 0.6 is 0 Å². The molecule has 3 aromatic carbocycles. The summed E-state index contributed by atoms with van der Waals surface area (Å²) in [6.45, 7) is 17.1. The molecule has 3 nitrogen and oxygen atoms in total. The molecule has 3 aromatic rings. The summed E-state index contributed by atoms with van der Waals surface area (Å²) < 4.78 is -1.90. The van der Waals surface area contributed by atoms with Crippen LogP contribution in [0.2, 0.25) is 4.25 Å². The number of hydrogen-bond donors (Lipinski definition) is 0. The van der Waals surface area contributed by atoms with Crippen molar-refractivity contribution in [1.29, 1.82) is 0 Å². The van der Waals surface area contributed by atoms with Crippen molar-refractivity contribution in [1.82, 2.24) is 0 Å². The molecule has 0 fully saturated rings. The van der Waals surface area contributed by atoms with E-state index in [-0.39, 0.29) is 0 Å². The van der Waals surface area contributed by atoms with Gasteiger partial charge in [-0.2, -0.15) is 0 Å². The molecule has 0 atom stereocenters. The predicted octanol–water partition coefficient (Wildman–Crippen LogP) is 6.74. The SMILES string of the molecule is Cc1cc(C)c(C(=O)[C]([Ge])(C(=O)c2c(C)cc(C)cc2C)C(=O)c2c(C)cc(C)cc2C)c(C)c1. The molecule has 0 unspecified atom stereocenters. The van der Waals surface area contributed by atoms with Gasteiger partial charge in [0.25, 0.3) is 0 Å². The molecular formula is C31H33GeO3. The summed E-state index contributed by atoms with van der Waals surface area (Å²) >= 11 is 1.52. The quantitative estimate of drug-likeness (QED) is 0.203. The van der Waals surface area contributed by atoms with E-state index in [0.717, 1.165) is 50.1 Å². The molecule has 0 aliphatic carbocycles. The average molecular weight is 526 g/mol. The molecule has 0 saturated carbocycles. The van der Waals surface area contributed by atoms with Crippen molar-refractivity contribution < 1.29 is 14.4 Å². The predicted molar refractivity (Wildman–Crippen MR) is 143 cm³/mol. The van der Waals surface area contributed by atoms with Crippen molar-refractivity contribution >= 4 is 33.9 Å². The van der Waals surface area contributed by atoms with Crippen LogP contribution in [0.4, 0.5) is 0 Å². The van der Waals surface area contributed by atoms with Crippen LogP contribution in [-0.4, -0.2) is 33.9 Å². The number of benzene rings is 3. The molecule has 4 heteroatoms. The van der Waals surface area contributed by atoms with Crippen LogP contribution in [0.25, 0.3) is 0 Å². The number of carbonyl (C=O) groups excluding carboxylic acids is 3. The molecule has 0 bridgehead atoms. The Labute approximate surface area is 217 Å². The maximum atomic E-state index is 14.4. The Bertz CT molecular complexity index is 1160. The van der Waals surface area contributed by atoms with Crippen LogP contribution in [0.5, 0.6) is 0 Å². The maximum absolute atomic E-state index is 14.4. The molecule has 3 rings (SSSR count). The van der Waals surface area contributed by atoms with Gasteiger partial charge in [-0.05, 0) is 0 Å². The van der Waals surface area contributed by atoms with Gasteiger partial charge in [0, 0.05) is 0 Å². The summed E-state index contributed by atoms with van der Waals surface area (Å²) in [6.07, 6.45) is 0. The fraction of sp³-hybridized carbons (Fsp3) is 0.323. The van der Waals surface area contributed by atoms with Crippen LogP contribution in [0.1, 0.15) is 81.1 Å². The summed E-state index contributed by atoms with van der Waals surface area (Å²) in [4.78, 5) is 43.2. The van der Waals surface area contributed by atoms with E-state index >= 15 is 0 Å². The fourth-order valence-corrected chi connectivity index (χ4v) is 6.27. The van der Waals surface area contributed by atoms with Crippen LogP contribution in [0.15, 0.2) is 36.4 Å². The zero-order valence-electron chi connectivity index (χ0n) is 22.2. The molecule has 0 heterocycles. The Morgan fingerprint density at radius 2 is 0.629 bits per heavy atom. The minimum absolute atomic E-state index is 0.443. The van der Waals surface area contributed by atoms with Crippen LogP contribution in [0, 0.1) is 62.3 Å². The van der Waals surface area contributed by atoms with E-state index in [4.69, 9.17) is 0 Å². The normalized spacial score (nSPS) is 11.5. The van der Waals surface area contributed by atoms with Crippen LogP contribution in [-0.2, 0) is 0 Å². The molecule has 35 heavy (non-hydrogen) atoms. The number of carbonyl (C=O) groups is 3. The van der Waals surface area contributed by atoms with E-state index in [9.17, 15) is 14.4 Å². The Balaban J connectivity index is 2.37. The number of ketones is 3. The topological polar surface area (TPSA) is 51.2 Å². The molecular weight excluding hydrogens is 493 g/mol. The fourth-order valence-electron chi connectivity index (χ4n) is 5.49. The Morgan fingerprint density at radius 3 is 0.800 bits per heavy atom. The van der Waals surface area contributed by atoms with Crippen molar-refractivity contribution in [2.45, 2.75) is 66.6 Å². The van der Waals surface area contributed by atoms with Crippen LogP contribution < -0.4 is 0 Å². The molecule has 0 saturated heterocycles. The van der Waals surface area contributed by atoms with Gasteiger partial charge in [0.1, 0.15) is 0 Å². The van der Waals surface area contributed by atoms with Crippen molar-refractivity contribution in [2.75, 3.05) is 0 Å². The van der Waals surface area contributed by atoms with Crippen molar-refractivity contribution in [3.05, 3.63) is 103 Å². The molecule has 0 spiro atoms. The Morgan fingerprint density at radius 1 is 0.457 bits per heavy atom. The molecule has 0 aliphatic rings. The average Bonchev–Trinajstić information content (AvgIpc) is 2.70. The Hall–Kier alpha value is -2.79. The zero-order chi connectivity index (χ0) is 26.4. The molecule has 0 aliphatic heterocycles. The van der Waals surface area contributed by atoms with Gasteiger partial charge in [-0.1, -0.05) is 0 Å². The van der Waals surface area contributed by atoms with E-state index in [0.29, 0.717) is 16.7 Å². The zero-order valence-corrected chi connectivity index (χ0v) is 24.3. The first-order chi connectivity index (χ1) is 16.2. The van der Waals surface area contributed by atoms with Gasteiger partial charge in [0.05, 0.1) is 0 Å². The molecule has 0 N–H and O–H groups in total. The van der Waals surface area contributed by atoms with E-state index in [1.807, 2.05) is 98.7 Å². The summed E-state index contributed by atoms with van der Waals surface area (Å²) in [5, 5.41) is 0. The third-order valence-corrected chi connectivity index (χ3v) is 8.16. The minimum atomic E-state index is -1.90. The monoisotopic (exact) mass is 527 g/mol. The number of rotatable bonds is 6. The van der Waals surface area contributed by atoms with E-state index in [1.54, 1.807) is 0 Å². The number of Topliss-reactive ketones (excluding diaryl/α,β-unsaturated/α-hetero) is 3. The van der Waals surface area contributed by atoms with E-state index in [1.165, 1.54) is 16.5 Å². The second-order valence-corrected chi connectivity index (χ2v) is 11.6. The van der Waals surface area contributed by atoms with Crippen LogP contribution in [0.3, 0.4) is 0 Å². The molecule has 0 amide bonds. The van der Waals surface area contributed by atoms with Gasteiger partial charge in [-0.3, -0.25) is 0 Å². The molecule has 3 radical (unpaired) electrons. The summed E-state index contributed by atoms with van der Waals surface area (Å²) in [7, 11) is 0. The van der Waals surface area contributed by atoms with Gasteiger partial charge in [0.2, 0.25) is 0 Å². The first-order valence-corrected chi connectivity index (χ1v) is 12.9. The second-order valence-electron chi connectivity index (χ2n) is 10.1. The van der Waals surface area contributed by atoms with Gasteiger partial charge in [0.15, 0.2) is 0 Å². The number of aryl methyl sites for hydroxylation is 9. The standard InChI is InChI=1S/C31H33GeO3/c1-16-10-19(4)25(20(5)11-16)28(33)31(32,29(34)26-21(6)12-17(2)13-22(26)7)30(35)27-23(8)14-18(3)15-24(27)9/h10-15H,1-9H3. The van der Waals surface area contributed by atoms with Gasteiger partial charge < -0.3 is 0 Å². The van der Waals surface area contributed by atoms with Gasteiger partial charge in [-0.15, -0.1) is 0 Å². The third kappa shape index (κ3) is 4.71. The van der Waals surface area contributed by atoms with Crippen molar-refractivity contribution in [2.24, 2.45) is 0 Å². The van der Waals surface area contributed by atoms with Gasteiger partial charge in [-0.25, -0.2) is 0 Å². The van der Waals surface area contributed by atoms with Crippen molar-refractivity contribution in [3.63, 3.8) is 0 Å². The first-order valence-electron chi connectivity index (χ1n) is 11.8. The van der Waals surface area contributed by atoms with Crippen molar-refractivity contribution in [3.8, 4) is 0 Å².